The lowest BCUT2D eigenvalue weighted by molar-refractivity contribution is -0.269. The third kappa shape index (κ3) is 2.60. The lowest BCUT2D eigenvalue weighted by Crippen LogP contribution is -2.76. The summed E-state index contributed by atoms with van der Waals surface area (Å²) >= 11 is 0. The van der Waals surface area contributed by atoms with Crippen LogP contribution < -0.4 is 0 Å². The van der Waals surface area contributed by atoms with Crippen LogP contribution in [-0.4, -0.2) is 72.1 Å². The molecule has 7 fully saturated rings. The number of esters is 2. The first-order valence-corrected chi connectivity index (χ1v) is 13.8. The van der Waals surface area contributed by atoms with E-state index in [0.717, 1.165) is 32.4 Å². The van der Waals surface area contributed by atoms with Gasteiger partial charge in [-0.3, -0.25) is 9.69 Å². The minimum Gasteiger partial charge on any atom is -0.462 e. The van der Waals surface area contributed by atoms with Gasteiger partial charge in [0.15, 0.2) is 0 Å². The number of likely N-dealkylation sites (tertiary alicyclic amines) is 1. The van der Waals surface area contributed by atoms with Crippen LogP contribution in [-0.2, 0) is 19.0 Å². The molecule has 2 unspecified atom stereocenters. The normalized spacial score (nSPS) is 50.4. The first kappa shape index (κ1) is 23.2. The third-order valence-corrected chi connectivity index (χ3v) is 11.3. The van der Waals surface area contributed by atoms with Crippen LogP contribution in [0.15, 0.2) is 30.3 Å². The number of fused-ring (bicyclic) bond motifs is 2. The molecule has 0 aromatic heterocycles. The van der Waals surface area contributed by atoms with Crippen LogP contribution in [0.3, 0.4) is 0 Å². The summed E-state index contributed by atoms with van der Waals surface area (Å²) in [4.78, 5) is 29.6. The van der Waals surface area contributed by atoms with Gasteiger partial charge in [-0.2, -0.15) is 0 Å². The van der Waals surface area contributed by atoms with Gasteiger partial charge in [-0.25, -0.2) is 4.79 Å². The molecule has 4 saturated carbocycles. The van der Waals surface area contributed by atoms with E-state index in [1.807, 2.05) is 18.2 Å². The second kappa shape index (κ2) is 7.55. The van der Waals surface area contributed by atoms with Crippen molar-refractivity contribution < 1.29 is 28.9 Å². The van der Waals surface area contributed by atoms with Gasteiger partial charge in [0.1, 0.15) is 12.2 Å². The third-order valence-electron chi connectivity index (χ3n) is 11.3. The number of carbonyl (C=O) groups excluding carboxylic acids is 2. The number of nitrogens with zero attached hydrogens (tertiary/aromatic N) is 1. The number of methoxy groups -OCH3 is 1. The monoisotopic (exact) mass is 495 g/mol. The minimum absolute atomic E-state index is 0.00435. The average molecular weight is 496 g/mol. The number of carbonyl (C=O) groups is 2. The standard InChI is InChI=1S/C29H37NO6/c1-4-30-15-27(2)12-11-19(34-3)29-18-14-17-10-13-28(33,20(18)26(32)35-17)21(24(29)30)22(23(27)29)36-25(31)16-8-6-5-7-9-16/h5-9,17-24,33H,4,10-15H2,1-3H3/t17?,18-,19+,20-,21+,22-,23-,24?,27+,28-,29+/m1/s1. The van der Waals surface area contributed by atoms with Crippen LogP contribution in [0.2, 0.25) is 0 Å². The summed E-state index contributed by atoms with van der Waals surface area (Å²) in [7, 11) is 1.79. The molecule has 3 aliphatic heterocycles. The van der Waals surface area contributed by atoms with E-state index in [1.54, 1.807) is 19.2 Å². The molecule has 1 aromatic carbocycles. The maximum absolute atomic E-state index is 13.5. The highest BCUT2D eigenvalue weighted by molar-refractivity contribution is 5.89. The first-order chi connectivity index (χ1) is 17.3. The van der Waals surface area contributed by atoms with Crippen LogP contribution in [0.5, 0.6) is 0 Å². The number of hydrogen-bond acceptors (Lipinski definition) is 7. The molecule has 1 aromatic rings. The Morgan fingerprint density at radius 2 is 2.00 bits per heavy atom. The SMILES string of the molecule is CCN1C[C@]2(C)CC[C@H](OC)[C@]34C1[C@H]([C@@H](OC(=O)c1ccccc1)[C@H]23)[C@@]1(O)CCC2C[C@@H]4[C@@H]1C(=O)O2. The molecule has 8 rings (SSSR count). The Morgan fingerprint density at radius 1 is 1.22 bits per heavy atom. The van der Waals surface area contributed by atoms with Crippen LogP contribution in [0.25, 0.3) is 0 Å². The van der Waals surface area contributed by atoms with E-state index in [0.29, 0.717) is 18.4 Å². The Balaban J connectivity index is 1.46. The Kier molecular flexibility index (Phi) is 4.86. The van der Waals surface area contributed by atoms with Crippen molar-refractivity contribution in [3.63, 3.8) is 0 Å². The summed E-state index contributed by atoms with van der Waals surface area (Å²) in [5.41, 5.74) is -1.23. The molecular weight excluding hydrogens is 458 g/mol. The zero-order valence-corrected chi connectivity index (χ0v) is 21.4. The highest BCUT2D eigenvalue weighted by Crippen LogP contribution is 2.77. The van der Waals surface area contributed by atoms with E-state index in [1.165, 1.54) is 0 Å². The van der Waals surface area contributed by atoms with Crippen molar-refractivity contribution >= 4 is 11.9 Å². The van der Waals surface area contributed by atoms with Gasteiger partial charge in [-0.05, 0) is 62.1 Å². The van der Waals surface area contributed by atoms with E-state index in [2.05, 4.69) is 18.7 Å². The Bertz CT molecular complexity index is 1090. The summed E-state index contributed by atoms with van der Waals surface area (Å²) in [6.07, 6.45) is 3.10. The van der Waals surface area contributed by atoms with Crippen molar-refractivity contribution in [1.29, 1.82) is 0 Å². The van der Waals surface area contributed by atoms with E-state index < -0.39 is 17.6 Å². The fraction of sp³-hybridized carbons (Fsp3) is 0.724. The minimum atomic E-state index is -1.27. The van der Waals surface area contributed by atoms with E-state index >= 15 is 0 Å². The van der Waals surface area contributed by atoms with Crippen molar-refractivity contribution in [2.24, 2.45) is 34.5 Å². The lowest BCUT2D eigenvalue weighted by Gasteiger charge is -2.69. The molecule has 0 radical (unpaired) electrons. The summed E-state index contributed by atoms with van der Waals surface area (Å²) in [5, 5.41) is 12.6. The molecule has 3 saturated heterocycles. The molecule has 3 heterocycles. The molecule has 7 nitrogen and oxygen atoms in total. The molecule has 1 spiro atoms. The van der Waals surface area contributed by atoms with E-state index in [-0.39, 0.29) is 58.8 Å². The molecule has 11 atom stereocenters. The summed E-state index contributed by atoms with van der Waals surface area (Å²) in [5.74, 6) is -1.62. The fourth-order valence-corrected chi connectivity index (χ4v) is 10.5. The second-order valence-electron chi connectivity index (χ2n) is 12.6. The van der Waals surface area contributed by atoms with Crippen molar-refractivity contribution in [2.75, 3.05) is 20.2 Å². The van der Waals surface area contributed by atoms with Crippen LogP contribution >= 0.6 is 0 Å². The summed E-state index contributed by atoms with van der Waals surface area (Å²) in [6, 6.07) is 9.13. The molecule has 7 heteroatoms. The topological polar surface area (TPSA) is 85.3 Å². The van der Waals surface area contributed by atoms with Gasteiger partial charge in [-0.15, -0.1) is 0 Å². The van der Waals surface area contributed by atoms with E-state index in [9.17, 15) is 14.7 Å². The number of rotatable bonds is 4. The van der Waals surface area contributed by atoms with Gasteiger partial charge >= 0.3 is 11.9 Å². The van der Waals surface area contributed by atoms with Gasteiger partial charge < -0.3 is 19.3 Å². The van der Waals surface area contributed by atoms with Gasteiger partial charge in [0.2, 0.25) is 0 Å². The number of piperidine rings is 1. The summed E-state index contributed by atoms with van der Waals surface area (Å²) in [6.45, 7) is 6.29. The van der Waals surface area contributed by atoms with Crippen molar-refractivity contribution in [3.05, 3.63) is 35.9 Å². The smallest absolute Gasteiger partial charge is 0.338 e. The molecule has 4 aliphatic carbocycles. The maximum Gasteiger partial charge on any atom is 0.338 e. The molecule has 7 aliphatic rings. The Morgan fingerprint density at radius 3 is 2.72 bits per heavy atom. The van der Waals surface area contributed by atoms with Crippen molar-refractivity contribution in [1.82, 2.24) is 4.90 Å². The highest BCUT2D eigenvalue weighted by atomic mass is 16.6. The number of aliphatic hydroxyl groups is 1. The van der Waals surface area contributed by atoms with Crippen LogP contribution in [0, 0.1) is 34.5 Å². The van der Waals surface area contributed by atoms with Crippen molar-refractivity contribution in [2.45, 2.75) is 75.9 Å². The molecule has 9 bridgehead atoms. The highest BCUT2D eigenvalue weighted by Gasteiger charge is 2.85. The van der Waals surface area contributed by atoms with Gasteiger partial charge in [0.05, 0.1) is 23.2 Å². The number of hydrogen-bond donors (Lipinski definition) is 1. The van der Waals surface area contributed by atoms with Gasteiger partial charge in [0, 0.05) is 36.9 Å². The predicted molar refractivity (Wildman–Crippen MR) is 130 cm³/mol. The van der Waals surface area contributed by atoms with Gasteiger partial charge in [-0.1, -0.05) is 32.0 Å². The summed E-state index contributed by atoms with van der Waals surface area (Å²) < 4.78 is 18.7. The molecule has 1 N–H and O–H groups in total. The molecule has 0 amide bonds. The zero-order valence-electron chi connectivity index (χ0n) is 21.4. The average Bonchev–Trinajstić information content (AvgIpc) is 2.92. The molecule has 194 valence electrons. The van der Waals surface area contributed by atoms with Crippen LogP contribution in [0.4, 0.5) is 0 Å². The predicted octanol–water partition coefficient (Wildman–Crippen LogP) is 3.05. The fourth-order valence-electron chi connectivity index (χ4n) is 10.5. The lowest BCUT2D eigenvalue weighted by atomic mass is 9.42. The Hall–Kier alpha value is -1.96. The zero-order chi connectivity index (χ0) is 25.0. The quantitative estimate of drug-likeness (QED) is 0.643. The Labute approximate surface area is 212 Å². The molecular formula is C29H37NO6. The first-order valence-electron chi connectivity index (χ1n) is 13.8. The van der Waals surface area contributed by atoms with Crippen molar-refractivity contribution in [3.8, 4) is 0 Å². The molecule has 36 heavy (non-hydrogen) atoms. The van der Waals surface area contributed by atoms with Crippen LogP contribution in [0.1, 0.15) is 56.3 Å². The number of ether oxygens (including phenoxy) is 3. The number of benzene rings is 1. The van der Waals surface area contributed by atoms with Gasteiger partial charge in [0.25, 0.3) is 0 Å². The largest absolute Gasteiger partial charge is 0.462 e. The van der Waals surface area contributed by atoms with E-state index in [4.69, 9.17) is 14.2 Å². The second-order valence-corrected chi connectivity index (χ2v) is 12.6. The maximum atomic E-state index is 13.5.